The molecular formula is C10H20N2Na8O12P4. The average molecular weight is 668 g/mol. The van der Waals surface area contributed by atoms with Gasteiger partial charge >= 0.3 is 236 Å². The summed E-state index contributed by atoms with van der Waals surface area (Å²) in [5, 5.41) is 0. The molecule has 0 radical (unpaired) electrons. The molecule has 0 fully saturated rings. The van der Waals surface area contributed by atoms with Crippen LogP contribution in [-0.4, -0.2) is 48.0 Å². The molecule has 0 saturated carbocycles. The molecule has 0 bridgehead atoms. The van der Waals surface area contributed by atoms with Crippen molar-refractivity contribution in [2.24, 2.45) is 0 Å². The number of hydrogen-bond donors (Lipinski definition) is 0. The topological polar surface area (TPSA) is 259 Å². The molecule has 0 spiro atoms. The first-order valence-corrected chi connectivity index (χ1v) is 14.8. The third-order valence-electron chi connectivity index (χ3n) is 3.19. The third kappa shape index (κ3) is 52.1. The molecule has 0 atom stereocenters. The van der Waals surface area contributed by atoms with E-state index in [1.165, 1.54) is 0 Å². The van der Waals surface area contributed by atoms with Gasteiger partial charge in [0.2, 0.25) is 0 Å². The standard InChI is InChI=1S/C10H28N2O12P4.8Na/c13-25(14,15)7-11(8-26(16,17)18)5-3-1-2-4-6-12(9-27(19,20)21)10-28(22,23)24;;;;;;;;/h1-10H2,(H2,13,14,15)(H2,16,17,18)(H2,19,20,21)(H2,22,23,24);;;;;;;;/q;8*+1/p-8. The van der Waals surface area contributed by atoms with Crippen molar-refractivity contribution in [2.45, 2.75) is 25.7 Å². The summed E-state index contributed by atoms with van der Waals surface area (Å²) in [7, 11) is -20.3. The Morgan fingerprint density at radius 2 is 0.528 bits per heavy atom. The van der Waals surface area contributed by atoms with Gasteiger partial charge in [-0.3, -0.25) is 9.80 Å². The van der Waals surface area contributed by atoms with Gasteiger partial charge in [0.1, 0.15) is 0 Å². The van der Waals surface area contributed by atoms with Crippen molar-refractivity contribution in [1.29, 1.82) is 0 Å². The molecule has 0 aliphatic rings. The molecule has 0 heterocycles. The van der Waals surface area contributed by atoms with Crippen LogP contribution in [0.5, 0.6) is 0 Å². The number of hydrogen-bond acceptors (Lipinski definition) is 14. The van der Waals surface area contributed by atoms with Crippen LogP contribution in [0.4, 0.5) is 0 Å². The Morgan fingerprint density at radius 3 is 0.667 bits per heavy atom. The van der Waals surface area contributed by atoms with E-state index in [4.69, 9.17) is 0 Å². The van der Waals surface area contributed by atoms with Gasteiger partial charge in [0, 0.05) is 25.1 Å². The van der Waals surface area contributed by atoms with Crippen molar-refractivity contribution in [3.63, 3.8) is 0 Å². The van der Waals surface area contributed by atoms with Gasteiger partial charge in [0.15, 0.2) is 0 Å². The average Bonchev–Trinajstić information content (AvgIpc) is 2.34. The van der Waals surface area contributed by atoms with E-state index in [1.54, 1.807) is 0 Å². The Balaban J connectivity index is -0.000000130. The predicted octanol–water partition coefficient (Wildman–Crippen LogP) is -29.3. The van der Waals surface area contributed by atoms with Crippen molar-refractivity contribution in [3.8, 4) is 0 Å². The first-order chi connectivity index (χ1) is 12.4. The van der Waals surface area contributed by atoms with E-state index in [0.29, 0.717) is 22.6 Å². The molecule has 0 aromatic heterocycles. The maximum absolute atomic E-state index is 10.7. The summed E-state index contributed by atoms with van der Waals surface area (Å²) in [6.45, 7) is -0.363. The van der Waals surface area contributed by atoms with E-state index in [1.807, 2.05) is 0 Å². The Bertz CT molecular complexity index is 574. The van der Waals surface area contributed by atoms with Gasteiger partial charge in [-0.2, -0.15) is 0 Å². The van der Waals surface area contributed by atoms with E-state index < -0.39 is 55.5 Å². The summed E-state index contributed by atoms with van der Waals surface area (Å²) in [4.78, 5) is 87.4. The summed E-state index contributed by atoms with van der Waals surface area (Å²) in [6, 6.07) is 0. The predicted molar refractivity (Wildman–Crippen MR) is 81.8 cm³/mol. The van der Waals surface area contributed by atoms with Gasteiger partial charge in [0.05, 0.1) is 0 Å². The molecule has 0 rings (SSSR count). The quantitative estimate of drug-likeness (QED) is 0.0892. The molecule has 0 aromatic rings. The van der Waals surface area contributed by atoms with E-state index in [9.17, 15) is 57.4 Å². The fourth-order valence-electron chi connectivity index (χ4n) is 2.38. The zero-order valence-electron chi connectivity index (χ0n) is 22.7. The third-order valence-corrected chi connectivity index (χ3v) is 6.18. The van der Waals surface area contributed by atoms with Crippen LogP contribution in [0.3, 0.4) is 0 Å². The largest absolute Gasteiger partial charge is 1.00 e. The maximum atomic E-state index is 10.7. The fourth-order valence-corrected chi connectivity index (χ4v) is 5.62. The van der Waals surface area contributed by atoms with Gasteiger partial charge in [0.25, 0.3) is 0 Å². The van der Waals surface area contributed by atoms with Crippen molar-refractivity contribution >= 4 is 30.4 Å². The van der Waals surface area contributed by atoms with Crippen molar-refractivity contribution in [1.82, 2.24) is 9.80 Å². The molecule has 0 unspecified atom stereocenters. The molecule has 36 heavy (non-hydrogen) atoms. The molecule has 0 aromatic carbocycles. The van der Waals surface area contributed by atoms with Gasteiger partial charge in [-0.25, -0.2) is 0 Å². The molecule has 0 N–H and O–H groups in total. The van der Waals surface area contributed by atoms with E-state index >= 15 is 0 Å². The summed E-state index contributed by atoms with van der Waals surface area (Å²) >= 11 is 0. The van der Waals surface area contributed by atoms with Crippen LogP contribution in [0, 0.1) is 0 Å². The van der Waals surface area contributed by atoms with Crippen molar-refractivity contribution < 1.29 is 294 Å². The van der Waals surface area contributed by atoms with E-state index in [0.717, 1.165) is 0 Å². The van der Waals surface area contributed by atoms with Crippen LogP contribution in [0.15, 0.2) is 0 Å². The Kier molecular flexibility index (Phi) is 62.0. The Labute approximate surface area is 389 Å². The SMILES string of the molecule is O=P([O-])([O-])CN(CCCCCCN(CP(=O)([O-])[O-])CP(=O)([O-])[O-])CP(=O)([O-])[O-].[Na+].[Na+].[Na+].[Na+].[Na+].[Na+].[Na+].[Na+]. The van der Waals surface area contributed by atoms with Gasteiger partial charge in [-0.05, 0) is 25.9 Å². The first kappa shape index (κ1) is 66.8. The van der Waals surface area contributed by atoms with Crippen LogP contribution in [0.1, 0.15) is 25.7 Å². The molecule has 0 aliphatic heterocycles. The zero-order chi connectivity index (χ0) is 22.2. The molecular weight excluding hydrogens is 648 g/mol. The number of rotatable bonds is 15. The zero-order valence-corrected chi connectivity index (χ0v) is 42.2. The second kappa shape index (κ2) is 33.4. The Hall–Kier alpha value is 8.52. The van der Waals surface area contributed by atoms with Gasteiger partial charge in [-0.1, -0.05) is 43.2 Å². The van der Waals surface area contributed by atoms with Crippen LogP contribution in [-0.2, 0) is 18.3 Å². The van der Waals surface area contributed by atoms with Crippen LogP contribution >= 0.6 is 30.4 Å². The molecule has 0 saturated heterocycles. The van der Waals surface area contributed by atoms with Crippen molar-refractivity contribution in [2.75, 3.05) is 38.2 Å². The minimum Gasteiger partial charge on any atom is -0.810 e. The summed E-state index contributed by atoms with van der Waals surface area (Å²) < 4.78 is 43.0. The normalized spacial score (nSPS) is 11.1. The summed E-state index contributed by atoms with van der Waals surface area (Å²) in [5.41, 5.74) is 0. The maximum Gasteiger partial charge on any atom is 1.00 e. The summed E-state index contributed by atoms with van der Waals surface area (Å²) in [5.74, 6) is 0. The van der Waals surface area contributed by atoms with Crippen molar-refractivity contribution in [3.05, 3.63) is 0 Å². The molecule has 26 heteroatoms. The van der Waals surface area contributed by atoms with E-state index in [2.05, 4.69) is 0 Å². The van der Waals surface area contributed by atoms with Crippen LogP contribution < -0.4 is 276 Å². The molecule has 0 aliphatic carbocycles. The second-order valence-corrected chi connectivity index (χ2v) is 12.2. The molecule has 14 nitrogen and oxygen atoms in total. The van der Waals surface area contributed by atoms with E-state index in [-0.39, 0.29) is 262 Å². The van der Waals surface area contributed by atoms with Crippen LogP contribution in [0.25, 0.3) is 0 Å². The summed E-state index contributed by atoms with van der Waals surface area (Å²) in [6.07, 6.45) is -3.48. The first-order valence-electron chi connectivity index (χ1n) is 7.85. The van der Waals surface area contributed by atoms with Crippen LogP contribution in [0.2, 0.25) is 0 Å². The molecule has 170 valence electrons. The minimum atomic E-state index is -5.07. The second-order valence-electron chi connectivity index (χ2n) is 6.21. The monoisotopic (exact) mass is 668 g/mol. The number of nitrogens with zero attached hydrogens (tertiary/aromatic N) is 2. The minimum absolute atomic E-state index is 0. The number of unbranched alkanes of at least 4 members (excludes halogenated alkanes) is 3. The fraction of sp³-hybridized carbons (Fsp3) is 1.00. The Morgan fingerprint density at radius 1 is 0.361 bits per heavy atom. The molecule has 0 amide bonds. The smallest absolute Gasteiger partial charge is 0.810 e. The van der Waals surface area contributed by atoms with Gasteiger partial charge < -0.3 is 57.4 Å². The van der Waals surface area contributed by atoms with Gasteiger partial charge in [-0.15, -0.1) is 0 Å².